The summed E-state index contributed by atoms with van der Waals surface area (Å²) in [6, 6.07) is 1.66. The number of halogens is 1. The standard InChI is InChI=1S/C13H16ClN3O3/c1-17-13(15)7(6-16-17)10-11(14)8(18-2)5-9(19-3)12(10)20-4/h5-6H,15H2,1-4H3. The summed E-state index contributed by atoms with van der Waals surface area (Å²) in [5, 5.41) is 4.51. The van der Waals surface area contributed by atoms with E-state index < -0.39 is 0 Å². The van der Waals surface area contributed by atoms with Crippen molar-refractivity contribution in [3.8, 4) is 28.4 Å². The van der Waals surface area contributed by atoms with Gasteiger partial charge in [-0.1, -0.05) is 11.6 Å². The van der Waals surface area contributed by atoms with Crippen LogP contribution in [-0.4, -0.2) is 31.1 Å². The summed E-state index contributed by atoms with van der Waals surface area (Å²) < 4.78 is 17.5. The van der Waals surface area contributed by atoms with Crippen molar-refractivity contribution in [2.75, 3.05) is 27.1 Å². The summed E-state index contributed by atoms with van der Waals surface area (Å²) >= 11 is 6.38. The summed E-state index contributed by atoms with van der Waals surface area (Å²) in [6.45, 7) is 0. The third-order valence-electron chi connectivity index (χ3n) is 3.05. The van der Waals surface area contributed by atoms with Crippen LogP contribution in [0.5, 0.6) is 17.2 Å². The van der Waals surface area contributed by atoms with E-state index in [2.05, 4.69) is 5.10 Å². The molecular formula is C13H16ClN3O3. The molecule has 0 saturated carbocycles. The molecule has 0 aliphatic carbocycles. The number of methoxy groups -OCH3 is 3. The van der Waals surface area contributed by atoms with Gasteiger partial charge in [0.05, 0.1) is 38.1 Å². The lowest BCUT2D eigenvalue weighted by molar-refractivity contribution is 0.350. The molecule has 7 heteroatoms. The van der Waals surface area contributed by atoms with Crippen LogP contribution in [0.2, 0.25) is 5.02 Å². The summed E-state index contributed by atoms with van der Waals surface area (Å²) in [7, 11) is 6.36. The Morgan fingerprint density at radius 3 is 2.25 bits per heavy atom. The molecule has 1 aromatic heterocycles. The number of hydrogen-bond donors (Lipinski definition) is 1. The zero-order chi connectivity index (χ0) is 14.9. The Morgan fingerprint density at radius 1 is 1.15 bits per heavy atom. The van der Waals surface area contributed by atoms with Gasteiger partial charge in [-0.25, -0.2) is 0 Å². The normalized spacial score (nSPS) is 10.4. The highest BCUT2D eigenvalue weighted by molar-refractivity contribution is 6.35. The number of nitrogens with zero attached hydrogens (tertiary/aromatic N) is 2. The van der Waals surface area contributed by atoms with E-state index in [0.717, 1.165) is 0 Å². The molecule has 0 atom stereocenters. The minimum atomic E-state index is 0.393. The number of ether oxygens (including phenoxy) is 3. The van der Waals surface area contributed by atoms with Gasteiger partial charge in [0.25, 0.3) is 0 Å². The first kappa shape index (κ1) is 14.3. The average Bonchev–Trinajstić information content (AvgIpc) is 2.78. The summed E-state index contributed by atoms with van der Waals surface area (Å²) in [5.74, 6) is 1.94. The predicted molar refractivity (Wildman–Crippen MR) is 77.7 cm³/mol. The summed E-state index contributed by atoms with van der Waals surface area (Å²) in [4.78, 5) is 0. The molecule has 108 valence electrons. The SMILES string of the molecule is COc1cc(OC)c(OC)c(-c2cnn(C)c2N)c1Cl. The molecule has 0 saturated heterocycles. The van der Waals surface area contributed by atoms with Gasteiger partial charge in [-0.15, -0.1) is 0 Å². The van der Waals surface area contributed by atoms with Crippen LogP contribution in [0.15, 0.2) is 12.3 Å². The van der Waals surface area contributed by atoms with Gasteiger partial charge >= 0.3 is 0 Å². The number of aromatic nitrogens is 2. The van der Waals surface area contributed by atoms with Crippen LogP contribution >= 0.6 is 11.6 Å². The molecule has 20 heavy (non-hydrogen) atoms. The van der Waals surface area contributed by atoms with Gasteiger partial charge in [-0.2, -0.15) is 5.10 Å². The van der Waals surface area contributed by atoms with E-state index in [1.807, 2.05) is 0 Å². The molecule has 2 aromatic rings. The van der Waals surface area contributed by atoms with E-state index in [9.17, 15) is 0 Å². The maximum atomic E-state index is 6.38. The van der Waals surface area contributed by atoms with E-state index in [0.29, 0.717) is 39.2 Å². The second-order valence-corrected chi connectivity index (χ2v) is 4.45. The Morgan fingerprint density at radius 2 is 1.80 bits per heavy atom. The predicted octanol–water partition coefficient (Wildman–Crippen LogP) is 2.35. The minimum absolute atomic E-state index is 0.393. The third kappa shape index (κ3) is 2.12. The Balaban J connectivity index is 2.81. The highest BCUT2D eigenvalue weighted by Crippen LogP contribution is 2.49. The summed E-state index contributed by atoms with van der Waals surface area (Å²) in [6.07, 6.45) is 1.62. The first-order valence-electron chi connectivity index (χ1n) is 5.81. The van der Waals surface area contributed by atoms with Crippen molar-refractivity contribution in [3.63, 3.8) is 0 Å². The molecule has 0 aliphatic heterocycles. The number of nitrogens with two attached hydrogens (primary N) is 1. The van der Waals surface area contributed by atoms with E-state index in [1.165, 1.54) is 14.2 Å². The summed E-state index contributed by atoms with van der Waals surface area (Å²) in [5.41, 5.74) is 7.27. The largest absolute Gasteiger partial charge is 0.495 e. The van der Waals surface area contributed by atoms with Crippen LogP contribution in [-0.2, 0) is 7.05 Å². The molecule has 6 nitrogen and oxygen atoms in total. The number of hydrogen-bond acceptors (Lipinski definition) is 5. The molecule has 0 unspecified atom stereocenters. The number of rotatable bonds is 4. The molecule has 0 amide bonds. The van der Waals surface area contributed by atoms with Crippen molar-refractivity contribution in [2.24, 2.45) is 7.05 Å². The monoisotopic (exact) mass is 297 g/mol. The van der Waals surface area contributed by atoms with E-state index in [-0.39, 0.29) is 0 Å². The molecule has 2 N–H and O–H groups in total. The van der Waals surface area contributed by atoms with Crippen LogP contribution in [0.4, 0.5) is 5.82 Å². The van der Waals surface area contributed by atoms with Crippen molar-refractivity contribution in [1.82, 2.24) is 9.78 Å². The zero-order valence-electron chi connectivity index (χ0n) is 11.7. The van der Waals surface area contributed by atoms with E-state index in [1.54, 1.807) is 31.1 Å². The van der Waals surface area contributed by atoms with Crippen LogP contribution in [0, 0.1) is 0 Å². The van der Waals surface area contributed by atoms with Gasteiger partial charge in [0.1, 0.15) is 11.6 Å². The third-order valence-corrected chi connectivity index (χ3v) is 3.42. The lowest BCUT2D eigenvalue weighted by Crippen LogP contribution is -2.00. The fourth-order valence-corrected chi connectivity index (χ4v) is 2.30. The van der Waals surface area contributed by atoms with Crippen molar-refractivity contribution in [1.29, 1.82) is 0 Å². The fourth-order valence-electron chi connectivity index (χ4n) is 1.98. The molecule has 0 fully saturated rings. The van der Waals surface area contributed by atoms with E-state index >= 15 is 0 Å². The Hall–Kier alpha value is -2.08. The first-order chi connectivity index (χ1) is 9.54. The number of aryl methyl sites for hydroxylation is 1. The Bertz CT molecular complexity index is 640. The van der Waals surface area contributed by atoms with Crippen LogP contribution in [0.1, 0.15) is 0 Å². The molecule has 2 rings (SSSR count). The zero-order valence-corrected chi connectivity index (χ0v) is 12.5. The highest BCUT2D eigenvalue weighted by Gasteiger charge is 2.23. The lowest BCUT2D eigenvalue weighted by atomic mass is 10.1. The molecule has 1 heterocycles. The van der Waals surface area contributed by atoms with Crippen molar-refractivity contribution in [2.45, 2.75) is 0 Å². The highest BCUT2D eigenvalue weighted by atomic mass is 35.5. The van der Waals surface area contributed by atoms with Gasteiger partial charge < -0.3 is 19.9 Å². The van der Waals surface area contributed by atoms with Crippen molar-refractivity contribution in [3.05, 3.63) is 17.3 Å². The van der Waals surface area contributed by atoms with Crippen LogP contribution in [0.25, 0.3) is 11.1 Å². The van der Waals surface area contributed by atoms with Crippen LogP contribution < -0.4 is 19.9 Å². The maximum Gasteiger partial charge on any atom is 0.170 e. The minimum Gasteiger partial charge on any atom is -0.495 e. The topological polar surface area (TPSA) is 71.5 Å². The van der Waals surface area contributed by atoms with Crippen molar-refractivity contribution >= 4 is 17.4 Å². The van der Waals surface area contributed by atoms with Gasteiger partial charge in [0.2, 0.25) is 0 Å². The second-order valence-electron chi connectivity index (χ2n) is 4.07. The van der Waals surface area contributed by atoms with Crippen LogP contribution in [0.3, 0.4) is 0 Å². The molecule has 1 aromatic carbocycles. The van der Waals surface area contributed by atoms with Gasteiger partial charge in [0.15, 0.2) is 11.5 Å². The molecule has 0 spiro atoms. The quantitative estimate of drug-likeness (QED) is 0.938. The molecular weight excluding hydrogens is 282 g/mol. The number of anilines is 1. The van der Waals surface area contributed by atoms with Gasteiger partial charge in [0, 0.05) is 18.7 Å². The molecule has 0 radical (unpaired) electrons. The Kier molecular flexibility index (Phi) is 3.94. The van der Waals surface area contributed by atoms with Crippen molar-refractivity contribution < 1.29 is 14.2 Å². The van der Waals surface area contributed by atoms with Gasteiger partial charge in [-0.3, -0.25) is 4.68 Å². The average molecular weight is 298 g/mol. The Labute approximate surface area is 122 Å². The molecule has 0 bridgehead atoms. The fraction of sp³-hybridized carbons (Fsp3) is 0.308. The number of benzene rings is 1. The maximum absolute atomic E-state index is 6.38. The smallest absolute Gasteiger partial charge is 0.170 e. The molecule has 0 aliphatic rings. The van der Waals surface area contributed by atoms with Gasteiger partial charge in [-0.05, 0) is 0 Å². The first-order valence-corrected chi connectivity index (χ1v) is 6.19. The van der Waals surface area contributed by atoms with E-state index in [4.69, 9.17) is 31.5 Å². The lowest BCUT2D eigenvalue weighted by Gasteiger charge is -2.16. The number of nitrogen functional groups attached to an aromatic ring is 1. The second kappa shape index (κ2) is 5.50.